The zero-order chi connectivity index (χ0) is 12.0. The first-order valence-corrected chi connectivity index (χ1v) is 5.03. The summed E-state index contributed by atoms with van der Waals surface area (Å²) in [6.45, 7) is 3.99. The SMILES string of the molecule is CCOC(=O)/C=C/c1ccc(C)c(C#N)c1. The van der Waals surface area contributed by atoms with E-state index in [1.165, 1.54) is 6.08 Å². The average molecular weight is 215 g/mol. The molecular weight excluding hydrogens is 202 g/mol. The topological polar surface area (TPSA) is 50.1 Å². The quantitative estimate of drug-likeness (QED) is 0.574. The first-order valence-electron chi connectivity index (χ1n) is 5.03. The molecule has 0 fully saturated rings. The van der Waals surface area contributed by atoms with Crippen LogP contribution in [0.4, 0.5) is 0 Å². The van der Waals surface area contributed by atoms with E-state index >= 15 is 0 Å². The molecule has 1 aromatic carbocycles. The van der Waals surface area contributed by atoms with E-state index in [9.17, 15) is 4.79 Å². The molecule has 1 aromatic rings. The Labute approximate surface area is 95.0 Å². The van der Waals surface area contributed by atoms with Gasteiger partial charge in [-0.3, -0.25) is 0 Å². The Hall–Kier alpha value is -2.08. The van der Waals surface area contributed by atoms with E-state index < -0.39 is 0 Å². The summed E-state index contributed by atoms with van der Waals surface area (Å²) in [7, 11) is 0. The average Bonchev–Trinajstić information content (AvgIpc) is 2.28. The fourth-order valence-electron chi connectivity index (χ4n) is 1.22. The molecule has 0 N–H and O–H groups in total. The number of hydrogen-bond donors (Lipinski definition) is 0. The minimum Gasteiger partial charge on any atom is -0.463 e. The molecular formula is C13H13NO2. The lowest BCUT2D eigenvalue weighted by molar-refractivity contribution is -0.137. The molecule has 0 bridgehead atoms. The normalized spacial score (nSPS) is 10.1. The number of esters is 1. The van der Waals surface area contributed by atoms with Gasteiger partial charge in [0.2, 0.25) is 0 Å². The molecule has 3 nitrogen and oxygen atoms in total. The first-order chi connectivity index (χ1) is 7.67. The minimum absolute atomic E-state index is 0.362. The summed E-state index contributed by atoms with van der Waals surface area (Å²) in [5, 5.41) is 8.84. The van der Waals surface area contributed by atoms with Crippen molar-refractivity contribution in [2.75, 3.05) is 6.61 Å². The Morgan fingerprint density at radius 1 is 1.56 bits per heavy atom. The second kappa shape index (κ2) is 5.72. The first kappa shape index (κ1) is 12.0. The summed E-state index contributed by atoms with van der Waals surface area (Å²) in [6.07, 6.45) is 2.99. The molecule has 0 heterocycles. The Balaban J connectivity index is 2.83. The number of nitrogens with zero attached hydrogens (tertiary/aromatic N) is 1. The standard InChI is InChI=1S/C13H13NO2/c1-3-16-13(15)7-6-11-5-4-10(2)12(8-11)9-14/h4-8H,3H2,1-2H3/b7-6+. The summed E-state index contributed by atoms with van der Waals surface area (Å²) in [6, 6.07) is 7.54. The number of benzene rings is 1. The van der Waals surface area contributed by atoms with Crippen molar-refractivity contribution < 1.29 is 9.53 Å². The highest BCUT2D eigenvalue weighted by molar-refractivity contribution is 5.87. The third kappa shape index (κ3) is 3.25. The van der Waals surface area contributed by atoms with Crippen molar-refractivity contribution in [3.8, 4) is 6.07 Å². The van der Waals surface area contributed by atoms with Crippen LogP contribution in [-0.2, 0) is 9.53 Å². The van der Waals surface area contributed by atoms with Crippen LogP contribution in [0.25, 0.3) is 6.08 Å². The van der Waals surface area contributed by atoms with Crippen LogP contribution in [0.5, 0.6) is 0 Å². The number of carbonyl (C=O) groups excluding carboxylic acids is 1. The van der Waals surface area contributed by atoms with E-state index in [1.54, 1.807) is 19.1 Å². The third-order valence-corrected chi connectivity index (χ3v) is 2.08. The number of rotatable bonds is 3. The zero-order valence-corrected chi connectivity index (χ0v) is 9.36. The molecule has 0 unspecified atom stereocenters. The second-order valence-electron chi connectivity index (χ2n) is 3.27. The van der Waals surface area contributed by atoms with Gasteiger partial charge in [-0.2, -0.15) is 5.26 Å². The van der Waals surface area contributed by atoms with Gasteiger partial charge in [-0.05, 0) is 37.1 Å². The monoisotopic (exact) mass is 215 g/mol. The number of ether oxygens (including phenoxy) is 1. The Kier molecular flexibility index (Phi) is 4.28. The maximum absolute atomic E-state index is 11.1. The summed E-state index contributed by atoms with van der Waals surface area (Å²) in [4.78, 5) is 11.1. The van der Waals surface area contributed by atoms with Crippen LogP contribution in [0.15, 0.2) is 24.3 Å². The lowest BCUT2D eigenvalue weighted by Gasteiger charge is -1.99. The van der Waals surface area contributed by atoms with Gasteiger partial charge in [0.25, 0.3) is 0 Å². The van der Waals surface area contributed by atoms with Crippen molar-refractivity contribution in [1.29, 1.82) is 5.26 Å². The van der Waals surface area contributed by atoms with Crippen molar-refractivity contribution in [3.63, 3.8) is 0 Å². The van der Waals surface area contributed by atoms with E-state index in [2.05, 4.69) is 6.07 Å². The second-order valence-corrected chi connectivity index (χ2v) is 3.27. The van der Waals surface area contributed by atoms with Gasteiger partial charge in [0.05, 0.1) is 18.2 Å². The molecule has 0 saturated carbocycles. The van der Waals surface area contributed by atoms with Gasteiger partial charge in [0, 0.05) is 6.08 Å². The van der Waals surface area contributed by atoms with Gasteiger partial charge in [-0.25, -0.2) is 4.79 Å². The lowest BCUT2D eigenvalue weighted by atomic mass is 10.1. The predicted octanol–water partition coefficient (Wildman–Crippen LogP) is 2.44. The molecule has 0 radical (unpaired) electrons. The van der Waals surface area contributed by atoms with Crippen LogP contribution in [0.2, 0.25) is 0 Å². The molecule has 16 heavy (non-hydrogen) atoms. The van der Waals surface area contributed by atoms with Gasteiger partial charge >= 0.3 is 5.97 Å². The smallest absolute Gasteiger partial charge is 0.330 e. The van der Waals surface area contributed by atoms with Crippen LogP contribution < -0.4 is 0 Å². The van der Waals surface area contributed by atoms with E-state index in [1.807, 2.05) is 19.1 Å². The van der Waals surface area contributed by atoms with Gasteiger partial charge in [-0.1, -0.05) is 12.1 Å². The van der Waals surface area contributed by atoms with E-state index in [0.717, 1.165) is 11.1 Å². The molecule has 0 atom stereocenters. The maximum Gasteiger partial charge on any atom is 0.330 e. The third-order valence-electron chi connectivity index (χ3n) is 2.08. The van der Waals surface area contributed by atoms with Crippen LogP contribution in [0.1, 0.15) is 23.6 Å². The van der Waals surface area contributed by atoms with Crippen LogP contribution in [-0.4, -0.2) is 12.6 Å². The maximum atomic E-state index is 11.1. The molecule has 0 aliphatic carbocycles. The van der Waals surface area contributed by atoms with Crippen molar-refractivity contribution in [2.45, 2.75) is 13.8 Å². The predicted molar refractivity (Wildman–Crippen MR) is 61.6 cm³/mol. The number of hydrogen-bond acceptors (Lipinski definition) is 3. The lowest BCUT2D eigenvalue weighted by Crippen LogP contribution is -1.98. The van der Waals surface area contributed by atoms with Gasteiger partial charge in [0.15, 0.2) is 0 Å². The number of nitriles is 1. The summed E-state index contributed by atoms with van der Waals surface area (Å²) in [5.41, 5.74) is 2.36. The Morgan fingerprint density at radius 2 is 2.31 bits per heavy atom. The largest absolute Gasteiger partial charge is 0.463 e. The Bertz CT molecular complexity index is 455. The zero-order valence-electron chi connectivity index (χ0n) is 9.36. The van der Waals surface area contributed by atoms with Crippen molar-refractivity contribution in [1.82, 2.24) is 0 Å². The van der Waals surface area contributed by atoms with Crippen molar-refractivity contribution in [2.24, 2.45) is 0 Å². The molecule has 0 aromatic heterocycles. The molecule has 0 amide bonds. The van der Waals surface area contributed by atoms with E-state index in [4.69, 9.17) is 10.00 Å². The van der Waals surface area contributed by atoms with Gasteiger partial charge in [0.1, 0.15) is 0 Å². The highest BCUT2D eigenvalue weighted by atomic mass is 16.5. The minimum atomic E-state index is -0.374. The highest BCUT2D eigenvalue weighted by Crippen LogP contribution is 2.11. The van der Waals surface area contributed by atoms with Crippen molar-refractivity contribution in [3.05, 3.63) is 41.0 Å². The van der Waals surface area contributed by atoms with Gasteiger partial charge < -0.3 is 4.74 Å². The number of aryl methyl sites for hydroxylation is 1. The van der Waals surface area contributed by atoms with E-state index in [-0.39, 0.29) is 5.97 Å². The molecule has 0 saturated heterocycles. The summed E-state index contributed by atoms with van der Waals surface area (Å²) < 4.78 is 4.75. The molecule has 0 aliphatic heterocycles. The van der Waals surface area contributed by atoms with Crippen molar-refractivity contribution >= 4 is 12.0 Å². The van der Waals surface area contributed by atoms with Crippen LogP contribution in [0, 0.1) is 18.3 Å². The van der Waals surface area contributed by atoms with Crippen LogP contribution >= 0.6 is 0 Å². The summed E-state index contributed by atoms with van der Waals surface area (Å²) in [5.74, 6) is -0.374. The highest BCUT2D eigenvalue weighted by Gasteiger charge is 1.98. The Morgan fingerprint density at radius 3 is 2.94 bits per heavy atom. The molecule has 0 spiro atoms. The molecule has 1 rings (SSSR count). The molecule has 0 aliphatic rings. The van der Waals surface area contributed by atoms with E-state index in [0.29, 0.717) is 12.2 Å². The fraction of sp³-hybridized carbons (Fsp3) is 0.231. The fourth-order valence-corrected chi connectivity index (χ4v) is 1.22. The summed E-state index contributed by atoms with van der Waals surface area (Å²) >= 11 is 0. The van der Waals surface area contributed by atoms with Gasteiger partial charge in [-0.15, -0.1) is 0 Å². The number of carbonyl (C=O) groups is 1. The molecule has 3 heteroatoms. The molecule has 82 valence electrons. The van der Waals surface area contributed by atoms with Crippen LogP contribution in [0.3, 0.4) is 0 Å².